The summed E-state index contributed by atoms with van der Waals surface area (Å²) in [5, 5.41) is 9.32. The number of methoxy groups -OCH3 is 1. The van der Waals surface area contributed by atoms with Crippen molar-refractivity contribution in [2.75, 3.05) is 7.11 Å². The van der Waals surface area contributed by atoms with Crippen molar-refractivity contribution in [2.45, 2.75) is 23.9 Å². The molecule has 0 bridgehead atoms. The molecule has 3 rings (SSSR count). The van der Waals surface area contributed by atoms with E-state index in [4.69, 9.17) is 21.1 Å². The number of nitrogens with zero attached hydrogens (tertiary/aromatic N) is 3. The second-order valence-electron chi connectivity index (χ2n) is 5.60. The summed E-state index contributed by atoms with van der Waals surface area (Å²) in [5.74, 6) is 0.983. The summed E-state index contributed by atoms with van der Waals surface area (Å²) in [4.78, 5) is 11.8. The van der Waals surface area contributed by atoms with Crippen molar-refractivity contribution in [2.24, 2.45) is 0 Å². The predicted molar refractivity (Wildman–Crippen MR) is 104 cm³/mol. The molecule has 0 N–H and O–H groups in total. The van der Waals surface area contributed by atoms with E-state index in [0.717, 1.165) is 5.69 Å². The monoisotopic (exact) mass is 403 g/mol. The van der Waals surface area contributed by atoms with Gasteiger partial charge in [0.2, 0.25) is 0 Å². The molecule has 6 nitrogen and oxygen atoms in total. The van der Waals surface area contributed by atoms with Crippen LogP contribution in [0.15, 0.2) is 59.8 Å². The van der Waals surface area contributed by atoms with Crippen molar-refractivity contribution in [1.29, 1.82) is 0 Å². The lowest BCUT2D eigenvalue weighted by atomic mass is 10.3. The lowest BCUT2D eigenvalue weighted by molar-refractivity contribution is -0.139. The Labute approximate surface area is 166 Å². The zero-order chi connectivity index (χ0) is 19.2. The molecule has 1 aromatic heterocycles. The van der Waals surface area contributed by atoms with E-state index >= 15 is 0 Å². The number of carbonyl (C=O) groups excluding carboxylic acids is 1. The van der Waals surface area contributed by atoms with Gasteiger partial charge in [-0.15, -0.1) is 10.2 Å². The minimum atomic E-state index is -0.410. The molecule has 3 aromatic rings. The lowest BCUT2D eigenvalue weighted by Gasteiger charge is -2.13. The Balaban J connectivity index is 1.87. The van der Waals surface area contributed by atoms with Gasteiger partial charge in [0.15, 0.2) is 11.0 Å². The minimum Gasteiger partial charge on any atom is -0.486 e. The number of hydrogen-bond donors (Lipinski definition) is 0. The number of carbonyl (C=O) groups is 1. The van der Waals surface area contributed by atoms with Crippen molar-refractivity contribution in [1.82, 2.24) is 14.8 Å². The summed E-state index contributed by atoms with van der Waals surface area (Å²) >= 11 is 7.18. The van der Waals surface area contributed by atoms with Crippen LogP contribution in [0, 0.1) is 0 Å². The maximum absolute atomic E-state index is 11.8. The smallest absolute Gasteiger partial charge is 0.318 e. The fourth-order valence-electron chi connectivity index (χ4n) is 2.36. The van der Waals surface area contributed by atoms with Crippen molar-refractivity contribution >= 4 is 29.3 Å². The topological polar surface area (TPSA) is 66.2 Å². The molecule has 0 fully saturated rings. The Bertz CT molecular complexity index is 900. The number of ether oxygens (including phenoxy) is 2. The second-order valence-corrected chi connectivity index (χ2v) is 7.34. The predicted octanol–water partition coefficient (Wildman–Crippen LogP) is 4.15. The highest BCUT2D eigenvalue weighted by atomic mass is 35.5. The summed E-state index contributed by atoms with van der Waals surface area (Å²) in [6.07, 6.45) is 0. The van der Waals surface area contributed by atoms with Crippen molar-refractivity contribution < 1.29 is 14.3 Å². The quantitative estimate of drug-likeness (QED) is 0.436. The summed E-state index contributed by atoms with van der Waals surface area (Å²) in [6.45, 7) is 1.99. The third-order valence-corrected chi connectivity index (χ3v) is 4.98. The van der Waals surface area contributed by atoms with Crippen molar-refractivity contribution in [3.05, 3.63) is 65.4 Å². The summed E-state index contributed by atoms with van der Waals surface area (Å²) < 4.78 is 12.5. The number of thioether (sulfide) groups is 1. The molecular formula is C19H18ClN3O3S. The van der Waals surface area contributed by atoms with Crippen LogP contribution in [-0.4, -0.2) is 33.1 Å². The maximum Gasteiger partial charge on any atom is 0.318 e. The highest BCUT2D eigenvalue weighted by Crippen LogP contribution is 2.27. The van der Waals surface area contributed by atoms with Crippen molar-refractivity contribution in [3.8, 4) is 11.4 Å². The number of hydrogen-bond acceptors (Lipinski definition) is 6. The van der Waals surface area contributed by atoms with Crippen LogP contribution in [0.3, 0.4) is 0 Å². The molecule has 8 heteroatoms. The van der Waals surface area contributed by atoms with Gasteiger partial charge in [-0.2, -0.15) is 0 Å². The molecule has 0 radical (unpaired) electrons. The zero-order valence-corrected chi connectivity index (χ0v) is 16.4. The molecule has 27 heavy (non-hydrogen) atoms. The van der Waals surface area contributed by atoms with E-state index < -0.39 is 5.25 Å². The fraction of sp³-hybridized carbons (Fsp3) is 0.211. The van der Waals surface area contributed by atoms with Gasteiger partial charge in [0, 0.05) is 10.7 Å². The Kier molecular flexibility index (Phi) is 6.36. The van der Waals surface area contributed by atoms with Gasteiger partial charge in [-0.05, 0) is 43.3 Å². The van der Waals surface area contributed by atoms with Gasteiger partial charge in [-0.1, -0.05) is 41.6 Å². The van der Waals surface area contributed by atoms with E-state index in [2.05, 4.69) is 10.2 Å². The molecule has 0 saturated carbocycles. The molecule has 1 atom stereocenters. The van der Waals surface area contributed by atoms with Crippen LogP contribution in [-0.2, 0) is 16.1 Å². The van der Waals surface area contributed by atoms with Crippen LogP contribution in [0.1, 0.15) is 12.7 Å². The number of aromatic nitrogens is 3. The standard InChI is InChI=1S/C19H18ClN3O3S/c1-13(18(24)25-2)27-19-22-21-17(23(19)15-6-4-3-5-7-15)12-26-16-10-8-14(20)9-11-16/h3-11,13H,12H2,1-2H3/t13-/m1/s1. The first kappa shape index (κ1) is 19.3. The van der Waals surface area contributed by atoms with E-state index in [1.807, 2.05) is 34.9 Å². The Morgan fingerprint density at radius 2 is 1.85 bits per heavy atom. The summed E-state index contributed by atoms with van der Waals surface area (Å²) in [7, 11) is 1.37. The Hall–Kier alpha value is -2.51. The van der Waals surface area contributed by atoms with E-state index in [1.165, 1.54) is 18.9 Å². The van der Waals surface area contributed by atoms with Crippen LogP contribution < -0.4 is 4.74 Å². The van der Waals surface area contributed by atoms with Gasteiger partial charge in [0.1, 0.15) is 17.6 Å². The van der Waals surface area contributed by atoms with Gasteiger partial charge < -0.3 is 9.47 Å². The average molecular weight is 404 g/mol. The lowest BCUT2D eigenvalue weighted by Crippen LogP contribution is -2.16. The zero-order valence-electron chi connectivity index (χ0n) is 14.8. The highest BCUT2D eigenvalue weighted by molar-refractivity contribution is 8.00. The Morgan fingerprint density at radius 1 is 1.15 bits per heavy atom. The van der Waals surface area contributed by atoms with E-state index in [9.17, 15) is 4.79 Å². The molecule has 0 aliphatic heterocycles. The number of halogens is 1. The van der Waals surface area contributed by atoms with E-state index in [-0.39, 0.29) is 12.6 Å². The van der Waals surface area contributed by atoms with Gasteiger partial charge in [-0.25, -0.2) is 0 Å². The van der Waals surface area contributed by atoms with Crippen LogP contribution in [0.2, 0.25) is 5.02 Å². The number of benzene rings is 2. The maximum atomic E-state index is 11.8. The number of para-hydroxylation sites is 1. The van der Waals surface area contributed by atoms with Crippen LogP contribution in [0.4, 0.5) is 0 Å². The van der Waals surface area contributed by atoms with Crippen LogP contribution in [0.5, 0.6) is 5.75 Å². The van der Waals surface area contributed by atoms with Crippen molar-refractivity contribution in [3.63, 3.8) is 0 Å². The number of esters is 1. The number of rotatable bonds is 7. The highest BCUT2D eigenvalue weighted by Gasteiger charge is 2.21. The average Bonchev–Trinajstić information content (AvgIpc) is 3.09. The van der Waals surface area contributed by atoms with Gasteiger partial charge in [0.05, 0.1) is 7.11 Å². The Morgan fingerprint density at radius 3 is 2.52 bits per heavy atom. The molecule has 0 amide bonds. The van der Waals surface area contributed by atoms with Crippen LogP contribution in [0.25, 0.3) is 5.69 Å². The first-order valence-corrected chi connectivity index (χ1v) is 9.47. The second kappa shape index (κ2) is 8.92. The van der Waals surface area contributed by atoms with Gasteiger partial charge in [0.25, 0.3) is 0 Å². The molecule has 140 valence electrons. The molecular weight excluding hydrogens is 386 g/mol. The molecule has 0 spiro atoms. The first-order chi connectivity index (χ1) is 13.1. The van der Waals surface area contributed by atoms with Gasteiger partial charge >= 0.3 is 5.97 Å². The molecule has 1 heterocycles. The van der Waals surface area contributed by atoms with Crippen LogP contribution >= 0.6 is 23.4 Å². The van der Waals surface area contributed by atoms with E-state index in [0.29, 0.717) is 21.8 Å². The summed E-state index contributed by atoms with van der Waals surface area (Å²) in [5.41, 5.74) is 0.886. The largest absolute Gasteiger partial charge is 0.486 e. The molecule has 0 aliphatic rings. The summed E-state index contributed by atoms with van der Waals surface area (Å²) in [6, 6.07) is 16.8. The minimum absolute atomic E-state index is 0.219. The third kappa shape index (κ3) is 4.81. The molecule has 2 aromatic carbocycles. The third-order valence-electron chi connectivity index (χ3n) is 3.71. The molecule has 0 unspecified atom stereocenters. The van der Waals surface area contributed by atoms with E-state index in [1.54, 1.807) is 31.2 Å². The molecule has 0 saturated heterocycles. The SMILES string of the molecule is COC(=O)[C@@H](C)Sc1nnc(COc2ccc(Cl)cc2)n1-c1ccccc1. The van der Waals surface area contributed by atoms with Gasteiger partial charge in [-0.3, -0.25) is 9.36 Å². The fourth-order valence-corrected chi connectivity index (χ4v) is 3.40. The normalized spacial score (nSPS) is 11.8. The molecule has 0 aliphatic carbocycles. The first-order valence-electron chi connectivity index (χ1n) is 8.21.